The van der Waals surface area contributed by atoms with Crippen molar-refractivity contribution in [1.29, 1.82) is 0 Å². The fourth-order valence-corrected chi connectivity index (χ4v) is 5.25. The van der Waals surface area contributed by atoms with Crippen LogP contribution in [0.3, 0.4) is 0 Å². The van der Waals surface area contributed by atoms with E-state index in [1.807, 2.05) is 12.3 Å². The highest BCUT2D eigenvalue weighted by atomic mass is 32.1. The van der Waals surface area contributed by atoms with Gasteiger partial charge in [0.15, 0.2) is 5.82 Å². The van der Waals surface area contributed by atoms with Crippen LogP contribution in [0.15, 0.2) is 23.6 Å². The van der Waals surface area contributed by atoms with Crippen LogP contribution in [0.1, 0.15) is 29.6 Å². The topological polar surface area (TPSA) is 87.5 Å². The summed E-state index contributed by atoms with van der Waals surface area (Å²) in [4.78, 5) is 9.04. The van der Waals surface area contributed by atoms with Gasteiger partial charge in [-0.2, -0.15) is 0 Å². The molecule has 0 spiro atoms. The van der Waals surface area contributed by atoms with Gasteiger partial charge in [0.2, 0.25) is 0 Å². The fourth-order valence-electron chi connectivity index (χ4n) is 4.38. The third-order valence-electron chi connectivity index (χ3n) is 5.98. The van der Waals surface area contributed by atoms with Crippen LogP contribution in [0.25, 0.3) is 10.9 Å². The minimum Gasteiger partial charge on any atom is -0.386 e. The van der Waals surface area contributed by atoms with E-state index in [1.54, 1.807) is 0 Å². The van der Waals surface area contributed by atoms with Gasteiger partial charge in [0.1, 0.15) is 16.6 Å². The van der Waals surface area contributed by atoms with Gasteiger partial charge in [-0.05, 0) is 43.2 Å². The van der Waals surface area contributed by atoms with Gasteiger partial charge in [0, 0.05) is 54.2 Å². The number of piperidine rings is 1. The molecule has 30 heavy (non-hydrogen) atoms. The van der Waals surface area contributed by atoms with Crippen molar-refractivity contribution in [3.63, 3.8) is 0 Å². The average molecular weight is 427 g/mol. The Labute approximate surface area is 179 Å². The summed E-state index contributed by atoms with van der Waals surface area (Å²) >= 11 is 1.53. The minimum absolute atomic E-state index is 0.127. The monoisotopic (exact) mass is 426 g/mol. The number of thiazole rings is 1. The van der Waals surface area contributed by atoms with Crippen molar-refractivity contribution in [2.24, 2.45) is 5.92 Å². The smallest absolute Gasteiger partial charge is 0.162 e. The lowest BCUT2D eigenvalue weighted by Crippen LogP contribution is -2.38. The Bertz CT molecular complexity index is 1020. The first-order valence-electron chi connectivity index (χ1n) is 10.5. The molecule has 0 saturated carbocycles. The molecule has 2 saturated heterocycles. The van der Waals surface area contributed by atoms with Crippen molar-refractivity contribution in [1.82, 2.24) is 20.4 Å². The van der Waals surface area contributed by atoms with E-state index in [0.29, 0.717) is 0 Å². The first kappa shape index (κ1) is 19.6. The summed E-state index contributed by atoms with van der Waals surface area (Å²) in [6, 6.07) is 6.32. The number of nitrogens with zero attached hydrogens (tertiary/aromatic N) is 6. The van der Waals surface area contributed by atoms with Gasteiger partial charge >= 0.3 is 0 Å². The molecule has 2 unspecified atom stereocenters. The molecule has 8 nitrogen and oxygen atoms in total. The van der Waals surface area contributed by atoms with E-state index in [2.05, 4.69) is 48.4 Å². The summed E-state index contributed by atoms with van der Waals surface area (Å²) < 4.78 is 5.46. The number of morpholine rings is 1. The highest BCUT2D eigenvalue weighted by molar-refractivity contribution is 7.09. The van der Waals surface area contributed by atoms with E-state index >= 15 is 0 Å². The van der Waals surface area contributed by atoms with Crippen molar-refractivity contribution >= 4 is 33.7 Å². The van der Waals surface area contributed by atoms with Crippen LogP contribution in [-0.4, -0.2) is 64.9 Å². The zero-order valence-corrected chi connectivity index (χ0v) is 17.9. The zero-order chi connectivity index (χ0) is 20.5. The predicted octanol–water partition coefficient (Wildman–Crippen LogP) is 2.58. The minimum atomic E-state index is -0.541. The number of ether oxygens (including phenoxy) is 1. The number of aromatic nitrogens is 4. The number of aliphatic hydroxyl groups is 1. The van der Waals surface area contributed by atoms with Gasteiger partial charge in [-0.25, -0.2) is 4.98 Å². The van der Waals surface area contributed by atoms with Gasteiger partial charge in [-0.15, -0.1) is 21.5 Å². The van der Waals surface area contributed by atoms with Crippen LogP contribution >= 0.6 is 11.3 Å². The number of benzene rings is 1. The average Bonchev–Trinajstić information content (AvgIpc) is 3.24. The number of fused-ring (bicyclic) bond motifs is 1. The van der Waals surface area contributed by atoms with E-state index < -0.39 is 6.10 Å². The number of aliphatic hydroxyl groups excluding tert-OH is 1. The first-order valence-corrected chi connectivity index (χ1v) is 11.4. The summed E-state index contributed by atoms with van der Waals surface area (Å²) in [5.41, 5.74) is 2.95. The number of aryl methyl sites for hydroxylation is 1. The summed E-state index contributed by atoms with van der Waals surface area (Å²) in [5, 5.41) is 27.4. The molecule has 2 aliphatic rings. The molecule has 4 heterocycles. The summed E-state index contributed by atoms with van der Waals surface area (Å²) in [6.45, 7) is 6.88. The molecule has 0 bridgehead atoms. The van der Waals surface area contributed by atoms with Crippen molar-refractivity contribution < 1.29 is 9.84 Å². The third kappa shape index (κ3) is 3.84. The first-order chi connectivity index (χ1) is 14.7. The summed E-state index contributed by atoms with van der Waals surface area (Å²) in [7, 11) is 0. The fraction of sp³-hybridized carbons (Fsp3) is 0.524. The van der Waals surface area contributed by atoms with Gasteiger partial charge in [0.25, 0.3) is 0 Å². The predicted molar refractivity (Wildman–Crippen MR) is 117 cm³/mol. The quantitative estimate of drug-likeness (QED) is 0.681. The van der Waals surface area contributed by atoms with Crippen LogP contribution in [0, 0.1) is 12.8 Å². The second-order valence-electron chi connectivity index (χ2n) is 8.03. The van der Waals surface area contributed by atoms with Crippen LogP contribution in [0.4, 0.5) is 11.5 Å². The summed E-state index contributed by atoms with van der Waals surface area (Å²) in [6.07, 6.45) is 1.44. The molecular weight excluding hydrogens is 400 g/mol. The third-order valence-corrected chi connectivity index (χ3v) is 7.02. The van der Waals surface area contributed by atoms with Crippen LogP contribution < -0.4 is 9.80 Å². The molecule has 2 atom stereocenters. The second-order valence-corrected chi connectivity index (χ2v) is 8.92. The van der Waals surface area contributed by atoms with Crippen LogP contribution in [0.2, 0.25) is 0 Å². The lowest BCUT2D eigenvalue weighted by atomic mass is 9.92. The largest absolute Gasteiger partial charge is 0.386 e. The molecule has 5 rings (SSSR count). The van der Waals surface area contributed by atoms with Gasteiger partial charge in [-0.3, -0.25) is 0 Å². The molecule has 0 radical (unpaired) electrons. The van der Waals surface area contributed by atoms with E-state index in [4.69, 9.17) is 4.74 Å². The molecule has 1 aromatic carbocycles. The Kier molecular flexibility index (Phi) is 5.49. The Morgan fingerprint density at radius 2 is 2.03 bits per heavy atom. The standard InChI is InChI=1S/C21H26N6O2S/c1-14-13-30-21(22-14)19(28)15-3-2-6-27(12-15)20-17-5-4-16(11-18(17)23-25-24-20)26-7-9-29-10-8-26/h4-5,11,13,15,19,28H,2-3,6-10,12H2,1H3. The van der Waals surface area contributed by atoms with Gasteiger partial charge in [-0.1, -0.05) is 0 Å². The van der Waals surface area contributed by atoms with E-state index in [-0.39, 0.29) is 5.92 Å². The highest BCUT2D eigenvalue weighted by Crippen LogP contribution is 2.35. The molecule has 1 N–H and O–H groups in total. The Morgan fingerprint density at radius 1 is 1.17 bits per heavy atom. The van der Waals surface area contributed by atoms with E-state index in [1.165, 1.54) is 11.3 Å². The Morgan fingerprint density at radius 3 is 2.83 bits per heavy atom. The van der Waals surface area contributed by atoms with Crippen molar-refractivity contribution in [3.8, 4) is 0 Å². The molecule has 9 heteroatoms. The maximum atomic E-state index is 10.9. The maximum absolute atomic E-state index is 10.9. The zero-order valence-electron chi connectivity index (χ0n) is 17.1. The summed E-state index contributed by atoms with van der Waals surface area (Å²) in [5.74, 6) is 0.975. The van der Waals surface area contributed by atoms with Crippen molar-refractivity contribution in [2.75, 3.05) is 49.2 Å². The molecule has 0 amide bonds. The molecule has 0 aliphatic carbocycles. The molecule has 3 aromatic rings. The van der Waals surface area contributed by atoms with Crippen LogP contribution in [-0.2, 0) is 4.74 Å². The molecule has 2 aromatic heterocycles. The Balaban J connectivity index is 1.39. The van der Waals surface area contributed by atoms with Crippen molar-refractivity contribution in [2.45, 2.75) is 25.9 Å². The Hall–Kier alpha value is -2.36. The van der Waals surface area contributed by atoms with Gasteiger partial charge in [0.05, 0.1) is 13.2 Å². The number of hydrogen-bond acceptors (Lipinski definition) is 9. The molecule has 2 aliphatic heterocycles. The maximum Gasteiger partial charge on any atom is 0.162 e. The SMILES string of the molecule is Cc1csc(C(O)C2CCCN(c3nnnc4cc(N5CCOCC5)ccc34)C2)n1. The van der Waals surface area contributed by atoms with Crippen LogP contribution in [0.5, 0.6) is 0 Å². The number of anilines is 2. The lowest BCUT2D eigenvalue weighted by Gasteiger charge is -2.35. The lowest BCUT2D eigenvalue weighted by molar-refractivity contribution is 0.0976. The second kappa shape index (κ2) is 8.41. The number of hydrogen-bond donors (Lipinski definition) is 1. The van der Waals surface area contributed by atoms with E-state index in [0.717, 1.165) is 85.3 Å². The van der Waals surface area contributed by atoms with E-state index in [9.17, 15) is 5.11 Å². The molecule has 2 fully saturated rings. The normalized spacial score (nSPS) is 21.2. The number of rotatable bonds is 4. The molecule has 158 valence electrons. The highest BCUT2D eigenvalue weighted by Gasteiger charge is 2.30. The molecular formula is C21H26N6O2S. The van der Waals surface area contributed by atoms with Gasteiger partial charge < -0.3 is 19.6 Å². The van der Waals surface area contributed by atoms with Crippen molar-refractivity contribution in [3.05, 3.63) is 34.3 Å².